The molecule has 0 saturated carbocycles. The maximum Gasteiger partial charge on any atom is 0.277 e. The number of nitrogens with zero attached hydrogens (tertiary/aromatic N) is 1. The number of amides is 1. The first-order chi connectivity index (χ1) is 12.6. The zero-order valence-electron chi connectivity index (χ0n) is 14.7. The van der Waals surface area contributed by atoms with E-state index in [4.69, 9.17) is 25.8 Å². The van der Waals surface area contributed by atoms with Crippen LogP contribution in [0.1, 0.15) is 18.9 Å². The number of carbonyl (C=O) groups excluding carboxylic acids is 1. The van der Waals surface area contributed by atoms with Gasteiger partial charge >= 0.3 is 0 Å². The van der Waals surface area contributed by atoms with Gasteiger partial charge in [-0.05, 0) is 54.4 Å². The van der Waals surface area contributed by atoms with Gasteiger partial charge in [0.05, 0.1) is 19.9 Å². The van der Waals surface area contributed by atoms with E-state index in [9.17, 15) is 4.79 Å². The van der Waals surface area contributed by atoms with Crippen LogP contribution in [0.3, 0.4) is 0 Å². The van der Waals surface area contributed by atoms with Gasteiger partial charge in [0.25, 0.3) is 5.91 Å². The first kappa shape index (κ1) is 19.6. The summed E-state index contributed by atoms with van der Waals surface area (Å²) in [7, 11) is 1.57. The zero-order chi connectivity index (χ0) is 18.8. The monoisotopic (exact) mass is 376 g/mol. The molecule has 0 bridgehead atoms. The number of benzene rings is 2. The van der Waals surface area contributed by atoms with Crippen molar-refractivity contribution in [2.75, 3.05) is 20.3 Å². The number of methoxy groups -OCH3 is 1. The minimum Gasteiger partial charge on any atom is -0.493 e. The van der Waals surface area contributed by atoms with Crippen LogP contribution in [0.2, 0.25) is 5.02 Å². The summed E-state index contributed by atoms with van der Waals surface area (Å²) in [6.45, 7) is 2.51. The summed E-state index contributed by atoms with van der Waals surface area (Å²) in [6, 6.07) is 12.2. The van der Waals surface area contributed by atoms with Crippen molar-refractivity contribution >= 4 is 23.7 Å². The van der Waals surface area contributed by atoms with E-state index >= 15 is 0 Å². The topological polar surface area (TPSA) is 69.2 Å². The Morgan fingerprint density at radius 3 is 2.62 bits per heavy atom. The molecule has 2 aromatic carbocycles. The fourth-order valence-corrected chi connectivity index (χ4v) is 2.11. The molecule has 0 aliphatic carbocycles. The molecule has 1 amide bonds. The van der Waals surface area contributed by atoms with E-state index in [0.29, 0.717) is 28.9 Å². The molecule has 0 saturated heterocycles. The zero-order valence-corrected chi connectivity index (χ0v) is 15.5. The third kappa shape index (κ3) is 6.29. The minimum absolute atomic E-state index is 0.147. The summed E-state index contributed by atoms with van der Waals surface area (Å²) < 4.78 is 16.2. The molecule has 26 heavy (non-hydrogen) atoms. The molecule has 0 radical (unpaired) electrons. The Kier molecular flexibility index (Phi) is 7.76. The van der Waals surface area contributed by atoms with Crippen molar-refractivity contribution in [1.82, 2.24) is 5.43 Å². The molecule has 0 aromatic heterocycles. The second-order valence-corrected chi connectivity index (χ2v) is 5.73. The number of nitrogens with one attached hydrogen (secondary N) is 1. The van der Waals surface area contributed by atoms with E-state index in [1.165, 1.54) is 6.21 Å². The van der Waals surface area contributed by atoms with Crippen LogP contribution in [0.5, 0.6) is 17.2 Å². The molecule has 1 N–H and O–H groups in total. The van der Waals surface area contributed by atoms with E-state index in [-0.39, 0.29) is 12.5 Å². The predicted octanol–water partition coefficient (Wildman–Crippen LogP) is 3.67. The van der Waals surface area contributed by atoms with Gasteiger partial charge in [-0.1, -0.05) is 18.5 Å². The highest BCUT2D eigenvalue weighted by Crippen LogP contribution is 2.27. The van der Waals surface area contributed by atoms with Crippen molar-refractivity contribution in [3.8, 4) is 17.2 Å². The van der Waals surface area contributed by atoms with Gasteiger partial charge in [-0.15, -0.1) is 0 Å². The highest BCUT2D eigenvalue weighted by molar-refractivity contribution is 6.30. The maximum absolute atomic E-state index is 11.7. The largest absolute Gasteiger partial charge is 0.493 e. The summed E-state index contributed by atoms with van der Waals surface area (Å²) in [6.07, 6.45) is 2.43. The van der Waals surface area contributed by atoms with E-state index in [1.807, 2.05) is 13.0 Å². The fraction of sp³-hybridized carbons (Fsp3) is 0.263. The molecule has 0 unspecified atom stereocenters. The molecule has 2 rings (SSSR count). The van der Waals surface area contributed by atoms with Gasteiger partial charge < -0.3 is 14.2 Å². The lowest BCUT2D eigenvalue weighted by atomic mass is 10.2. The molecule has 0 heterocycles. The van der Waals surface area contributed by atoms with Crippen LogP contribution in [0.15, 0.2) is 47.6 Å². The van der Waals surface area contributed by atoms with Crippen LogP contribution in [-0.2, 0) is 4.79 Å². The Labute approximate surface area is 157 Å². The molecule has 7 heteroatoms. The molecular formula is C19H21ClN2O4. The Balaban J connectivity index is 1.84. The molecule has 0 fully saturated rings. The lowest BCUT2D eigenvalue weighted by Crippen LogP contribution is -2.24. The SMILES string of the molecule is CCCOc1ccc(/C=N/NC(=O)COc2ccc(Cl)cc2)cc1OC. The number of ether oxygens (including phenoxy) is 3. The Morgan fingerprint density at radius 1 is 1.15 bits per heavy atom. The standard InChI is InChI=1S/C19H21ClN2O4/c1-3-10-25-17-9-4-14(11-18(17)24-2)12-21-22-19(23)13-26-16-7-5-15(20)6-8-16/h4-9,11-12H,3,10,13H2,1-2H3,(H,22,23)/b21-12+. The molecule has 0 aliphatic heterocycles. The summed E-state index contributed by atoms with van der Waals surface area (Å²) in [4.78, 5) is 11.7. The highest BCUT2D eigenvalue weighted by Gasteiger charge is 2.05. The van der Waals surface area contributed by atoms with Crippen LogP contribution < -0.4 is 19.6 Å². The Morgan fingerprint density at radius 2 is 1.92 bits per heavy atom. The van der Waals surface area contributed by atoms with Crippen LogP contribution in [0.25, 0.3) is 0 Å². The fourth-order valence-electron chi connectivity index (χ4n) is 1.99. The number of hydrogen-bond donors (Lipinski definition) is 1. The number of hydrazone groups is 1. The first-order valence-corrected chi connectivity index (χ1v) is 8.51. The molecule has 0 atom stereocenters. The van der Waals surface area contributed by atoms with Gasteiger partial charge in [-0.25, -0.2) is 5.43 Å². The van der Waals surface area contributed by atoms with Gasteiger partial charge in [0.1, 0.15) is 5.75 Å². The minimum atomic E-state index is -0.369. The van der Waals surface area contributed by atoms with Crippen LogP contribution in [0, 0.1) is 0 Å². The van der Waals surface area contributed by atoms with Crippen molar-refractivity contribution in [1.29, 1.82) is 0 Å². The second-order valence-electron chi connectivity index (χ2n) is 5.29. The van der Waals surface area contributed by atoms with E-state index in [0.717, 1.165) is 12.0 Å². The normalized spacial score (nSPS) is 10.6. The van der Waals surface area contributed by atoms with Gasteiger partial charge in [0, 0.05) is 5.02 Å². The van der Waals surface area contributed by atoms with Gasteiger partial charge in [0.2, 0.25) is 0 Å². The molecule has 6 nitrogen and oxygen atoms in total. The average molecular weight is 377 g/mol. The van der Waals surface area contributed by atoms with Crippen molar-refractivity contribution in [3.63, 3.8) is 0 Å². The maximum atomic E-state index is 11.7. The number of hydrogen-bond acceptors (Lipinski definition) is 5. The van der Waals surface area contributed by atoms with Gasteiger partial charge in [0.15, 0.2) is 18.1 Å². The third-order valence-corrected chi connectivity index (χ3v) is 3.49. The number of rotatable bonds is 9. The molecule has 0 spiro atoms. The Hall–Kier alpha value is -2.73. The van der Waals surface area contributed by atoms with E-state index in [1.54, 1.807) is 43.5 Å². The molecule has 138 valence electrons. The summed E-state index contributed by atoms with van der Waals surface area (Å²) in [5, 5.41) is 4.52. The Bertz CT molecular complexity index is 748. The van der Waals surface area contributed by atoms with E-state index in [2.05, 4.69) is 10.5 Å². The summed E-state index contributed by atoms with van der Waals surface area (Å²) in [5.41, 5.74) is 3.17. The highest BCUT2D eigenvalue weighted by atomic mass is 35.5. The average Bonchev–Trinajstić information content (AvgIpc) is 2.66. The van der Waals surface area contributed by atoms with Crippen LogP contribution >= 0.6 is 11.6 Å². The number of carbonyl (C=O) groups is 1. The van der Waals surface area contributed by atoms with Crippen LogP contribution in [0.4, 0.5) is 0 Å². The van der Waals surface area contributed by atoms with Crippen molar-refractivity contribution in [3.05, 3.63) is 53.1 Å². The third-order valence-electron chi connectivity index (χ3n) is 3.24. The lowest BCUT2D eigenvalue weighted by Gasteiger charge is -2.10. The molecule has 0 aliphatic rings. The molecular weight excluding hydrogens is 356 g/mol. The van der Waals surface area contributed by atoms with Crippen LogP contribution in [-0.4, -0.2) is 32.4 Å². The van der Waals surface area contributed by atoms with Gasteiger partial charge in [-0.3, -0.25) is 4.79 Å². The summed E-state index contributed by atoms with van der Waals surface area (Å²) >= 11 is 5.79. The first-order valence-electron chi connectivity index (χ1n) is 8.13. The smallest absolute Gasteiger partial charge is 0.277 e. The van der Waals surface area contributed by atoms with Crippen molar-refractivity contribution in [2.24, 2.45) is 5.10 Å². The predicted molar refractivity (Wildman–Crippen MR) is 101 cm³/mol. The van der Waals surface area contributed by atoms with Gasteiger partial charge in [-0.2, -0.15) is 5.10 Å². The number of halogens is 1. The lowest BCUT2D eigenvalue weighted by molar-refractivity contribution is -0.123. The molecule has 2 aromatic rings. The second kappa shape index (κ2) is 10.3. The van der Waals surface area contributed by atoms with E-state index < -0.39 is 0 Å². The van der Waals surface area contributed by atoms with Crippen molar-refractivity contribution in [2.45, 2.75) is 13.3 Å². The quantitative estimate of drug-likeness (QED) is 0.535. The summed E-state index contributed by atoms with van der Waals surface area (Å²) in [5.74, 6) is 1.47. The van der Waals surface area contributed by atoms with Crippen molar-refractivity contribution < 1.29 is 19.0 Å².